The Morgan fingerprint density at radius 1 is 0.822 bits per heavy atom. The molecule has 2 rings (SSSR count). The first-order valence-electron chi connectivity index (χ1n) is 14.2. The lowest BCUT2D eigenvalue weighted by Crippen LogP contribution is -2.58. The largest absolute Gasteiger partial charge is 0.508 e. The fourth-order valence-corrected chi connectivity index (χ4v) is 4.36. The predicted molar refractivity (Wildman–Crippen MR) is 164 cm³/mol. The molecule has 0 fully saturated rings. The summed E-state index contributed by atoms with van der Waals surface area (Å²) in [5.74, 6) is -5.08. The van der Waals surface area contributed by atoms with Crippen molar-refractivity contribution >= 4 is 47.0 Å². The van der Waals surface area contributed by atoms with Crippen LogP contribution in [0.5, 0.6) is 5.75 Å². The second-order valence-corrected chi connectivity index (χ2v) is 11.2. The summed E-state index contributed by atoms with van der Waals surface area (Å²) in [6, 6.07) is 8.10. The van der Waals surface area contributed by atoms with Gasteiger partial charge in [-0.3, -0.25) is 28.8 Å². The molecule has 244 valence electrons. The van der Waals surface area contributed by atoms with Gasteiger partial charge in [0.2, 0.25) is 23.6 Å². The number of ketones is 1. The van der Waals surface area contributed by atoms with Gasteiger partial charge < -0.3 is 36.2 Å². The molecule has 0 heterocycles. The third kappa shape index (κ3) is 12.6. The van der Waals surface area contributed by atoms with Crippen LogP contribution in [-0.4, -0.2) is 76.4 Å². The number of amides is 4. The molecule has 0 spiro atoms. The van der Waals surface area contributed by atoms with Gasteiger partial charge >= 0.3 is 5.97 Å². The molecule has 1 unspecified atom stereocenters. The van der Waals surface area contributed by atoms with Crippen LogP contribution in [0.2, 0.25) is 5.02 Å². The molecule has 14 heteroatoms. The number of ether oxygens (including phenoxy) is 1. The van der Waals surface area contributed by atoms with E-state index in [4.69, 9.17) is 16.3 Å². The van der Waals surface area contributed by atoms with Crippen molar-refractivity contribution in [3.8, 4) is 5.75 Å². The number of carboxylic acid groups (broad SMARTS) is 1. The molecule has 2 aromatic rings. The lowest BCUT2D eigenvalue weighted by atomic mass is 10.0. The van der Waals surface area contributed by atoms with E-state index in [0.717, 1.165) is 0 Å². The second-order valence-electron chi connectivity index (χ2n) is 10.8. The number of nitrogens with one attached hydrogen (secondary N) is 4. The van der Waals surface area contributed by atoms with E-state index in [0.29, 0.717) is 16.1 Å². The average Bonchev–Trinajstić information content (AvgIpc) is 2.96. The van der Waals surface area contributed by atoms with E-state index in [1.807, 2.05) is 0 Å². The van der Waals surface area contributed by atoms with E-state index < -0.39 is 78.5 Å². The molecule has 2 aromatic carbocycles. The molecular formula is C31H39ClN4O9. The van der Waals surface area contributed by atoms with E-state index in [1.54, 1.807) is 50.2 Å². The van der Waals surface area contributed by atoms with Crippen LogP contribution in [0.25, 0.3) is 0 Å². The van der Waals surface area contributed by atoms with Gasteiger partial charge in [-0.05, 0) is 42.2 Å². The van der Waals surface area contributed by atoms with Crippen LogP contribution in [0, 0.1) is 5.92 Å². The molecule has 45 heavy (non-hydrogen) atoms. The third-order valence-corrected chi connectivity index (χ3v) is 6.98. The minimum Gasteiger partial charge on any atom is -0.508 e. The number of phenols is 1. The van der Waals surface area contributed by atoms with Gasteiger partial charge in [-0.1, -0.05) is 55.8 Å². The summed E-state index contributed by atoms with van der Waals surface area (Å²) in [5, 5.41) is 29.2. The average molecular weight is 647 g/mol. The lowest BCUT2D eigenvalue weighted by molar-refractivity contribution is -0.141. The van der Waals surface area contributed by atoms with Gasteiger partial charge in [-0.2, -0.15) is 0 Å². The van der Waals surface area contributed by atoms with E-state index in [9.17, 15) is 39.0 Å². The number of Topliss-reactive ketones (excluding diaryl/α,β-unsaturated/α-hetero) is 1. The van der Waals surface area contributed by atoms with E-state index in [2.05, 4.69) is 21.3 Å². The second kappa shape index (κ2) is 17.7. The zero-order chi connectivity index (χ0) is 33.7. The van der Waals surface area contributed by atoms with Crippen molar-refractivity contribution in [2.75, 3.05) is 6.61 Å². The Morgan fingerprint density at radius 2 is 1.47 bits per heavy atom. The SMILES string of the molecule is CC(=O)N[C@@H](Cc1ccc(O)cc1)C(=O)NC(C(=O)N[C@@H](C)C(=O)N[C@@H](CC(=O)O)C(=O)COCc1ccccc1Cl)C(C)C. The molecule has 0 saturated heterocycles. The molecule has 0 aliphatic rings. The van der Waals surface area contributed by atoms with Crippen molar-refractivity contribution < 1.29 is 43.7 Å². The van der Waals surface area contributed by atoms with E-state index >= 15 is 0 Å². The fraction of sp³-hybridized carbons (Fsp3) is 0.419. The number of hydrogen-bond acceptors (Lipinski definition) is 8. The van der Waals surface area contributed by atoms with Crippen LogP contribution in [0.1, 0.15) is 45.2 Å². The maximum Gasteiger partial charge on any atom is 0.305 e. The van der Waals surface area contributed by atoms with Gasteiger partial charge in [0.05, 0.1) is 13.0 Å². The van der Waals surface area contributed by atoms with Crippen LogP contribution >= 0.6 is 11.6 Å². The summed E-state index contributed by atoms with van der Waals surface area (Å²) in [6.07, 6.45) is -0.630. The van der Waals surface area contributed by atoms with Crippen LogP contribution in [-0.2, 0) is 46.5 Å². The maximum atomic E-state index is 13.2. The zero-order valence-electron chi connectivity index (χ0n) is 25.5. The van der Waals surface area contributed by atoms with Crippen molar-refractivity contribution in [3.63, 3.8) is 0 Å². The highest BCUT2D eigenvalue weighted by molar-refractivity contribution is 6.31. The Kier molecular flexibility index (Phi) is 14.4. The Labute approximate surface area is 266 Å². The van der Waals surface area contributed by atoms with Crippen LogP contribution in [0.4, 0.5) is 0 Å². The number of aromatic hydroxyl groups is 1. The molecule has 4 atom stereocenters. The Hall–Kier alpha value is -4.49. The third-order valence-electron chi connectivity index (χ3n) is 6.61. The smallest absolute Gasteiger partial charge is 0.305 e. The molecule has 4 amide bonds. The number of carbonyl (C=O) groups excluding carboxylic acids is 5. The molecule has 0 aliphatic heterocycles. The number of carboxylic acids is 1. The summed E-state index contributed by atoms with van der Waals surface area (Å²) in [7, 11) is 0. The highest BCUT2D eigenvalue weighted by Gasteiger charge is 2.31. The topological polar surface area (TPSA) is 200 Å². The number of benzene rings is 2. The summed E-state index contributed by atoms with van der Waals surface area (Å²) in [4.78, 5) is 75.1. The first-order valence-corrected chi connectivity index (χ1v) is 14.6. The van der Waals surface area contributed by atoms with Crippen LogP contribution in [0.15, 0.2) is 48.5 Å². The Balaban J connectivity index is 2.03. The normalized spacial score (nSPS) is 13.6. The van der Waals surface area contributed by atoms with Gasteiger partial charge in [-0.25, -0.2) is 0 Å². The molecule has 0 radical (unpaired) electrons. The molecule has 0 aliphatic carbocycles. The lowest BCUT2D eigenvalue weighted by Gasteiger charge is -2.27. The molecule has 0 aromatic heterocycles. The first-order chi connectivity index (χ1) is 21.2. The number of rotatable bonds is 17. The zero-order valence-corrected chi connectivity index (χ0v) is 26.2. The Bertz CT molecular complexity index is 1370. The van der Waals surface area contributed by atoms with Crippen LogP contribution < -0.4 is 21.3 Å². The standard InChI is InChI=1S/C31H39ClN4O9/c1-17(2)28(36-30(43)25(34-19(4)37)13-20-9-11-22(38)12-10-20)31(44)33-18(3)29(42)35-24(14-27(40)41)26(39)16-45-15-21-7-5-6-8-23(21)32/h5-12,17-18,24-25,28,38H,13-16H2,1-4H3,(H,33,44)(H,34,37)(H,35,42)(H,36,43)(H,40,41)/t18-,24-,25-,28?/m0/s1. The summed E-state index contributed by atoms with van der Waals surface area (Å²) < 4.78 is 5.39. The van der Waals surface area contributed by atoms with Gasteiger partial charge in [0.25, 0.3) is 0 Å². The monoisotopic (exact) mass is 646 g/mol. The minimum atomic E-state index is -1.43. The molecular weight excluding hydrogens is 608 g/mol. The number of aliphatic carboxylic acids is 1. The maximum absolute atomic E-state index is 13.2. The van der Waals surface area contributed by atoms with Gasteiger partial charge in [0, 0.05) is 18.4 Å². The summed E-state index contributed by atoms with van der Waals surface area (Å²) in [6.45, 7) is 5.43. The number of halogens is 1. The van der Waals surface area contributed by atoms with Gasteiger partial charge in [0.15, 0.2) is 5.78 Å². The molecule has 0 saturated carbocycles. The Morgan fingerprint density at radius 3 is 2.04 bits per heavy atom. The van der Waals surface area contributed by atoms with Crippen molar-refractivity contribution in [1.82, 2.24) is 21.3 Å². The molecule has 13 nitrogen and oxygen atoms in total. The van der Waals surface area contributed by atoms with E-state index in [-0.39, 0.29) is 18.8 Å². The van der Waals surface area contributed by atoms with Crippen molar-refractivity contribution in [1.29, 1.82) is 0 Å². The van der Waals surface area contributed by atoms with Gasteiger partial charge in [0.1, 0.15) is 36.5 Å². The predicted octanol–water partition coefficient (Wildman–Crippen LogP) is 1.48. The van der Waals surface area contributed by atoms with Crippen LogP contribution in [0.3, 0.4) is 0 Å². The fourth-order valence-electron chi connectivity index (χ4n) is 4.17. The highest BCUT2D eigenvalue weighted by atomic mass is 35.5. The van der Waals surface area contributed by atoms with Crippen molar-refractivity contribution in [3.05, 3.63) is 64.7 Å². The highest BCUT2D eigenvalue weighted by Crippen LogP contribution is 2.16. The number of phenolic OH excluding ortho intramolecular Hbond substituents is 1. The first kappa shape index (κ1) is 36.7. The summed E-state index contributed by atoms with van der Waals surface area (Å²) in [5.41, 5.74) is 1.27. The van der Waals surface area contributed by atoms with Crippen molar-refractivity contribution in [2.24, 2.45) is 5.92 Å². The number of hydrogen-bond donors (Lipinski definition) is 6. The number of carbonyl (C=O) groups is 6. The van der Waals surface area contributed by atoms with Crippen molar-refractivity contribution in [2.45, 2.75) is 71.3 Å². The quantitative estimate of drug-likeness (QED) is 0.147. The van der Waals surface area contributed by atoms with Gasteiger partial charge in [-0.15, -0.1) is 0 Å². The molecule has 6 N–H and O–H groups in total. The minimum absolute atomic E-state index is 0.00828. The van der Waals surface area contributed by atoms with E-state index in [1.165, 1.54) is 26.0 Å². The molecule has 0 bridgehead atoms. The summed E-state index contributed by atoms with van der Waals surface area (Å²) >= 11 is 6.08.